The van der Waals surface area contributed by atoms with Gasteiger partial charge in [-0.3, -0.25) is 0 Å². The molecule has 0 aliphatic heterocycles. The van der Waals surface area contributed by atoms with Crippen LogP contribution in [-0.4, -0.2) is 0 Å². The van der Waals surface area contributed by atoms with E-state index in [1.165, 1.54) is 129 Å². The normalized spacial score (nSPS) is 11.8. The van der Waals surface area contributed by atoms with Gasteiger partial charge in [0.05, 0.1) is 54.5 Å². The summed E-state index contributed by atoms with van der Waals surface area (Å²) in [5.74, 6) is 8.56. The zero-order chi connectivity index (χ0) is 104. The summed E-state index contributed by atoms with van der Waals surface area (Å²) in [5, 5.41) is 0. The van der Waals surface area contributed by atoms with Crippen LogP contribution in [-0.2, 0) is 70.7 Å². The Kier molecular flexibility index (Phi) is 36.7. The van der Waals surface area contributed by atoms with Crippen molar-refractivity contribution in [3.8, 4) is 57.5 Å². The largest absolute Gasteiger partial charge is 0.457 e. The third kappa shape index (κ3) is 30.7. The lowest BCUT2D eigenvalue weighted by atomic mass is 9.87. The highest BCUT2D eigenvalue weighted by Crippen LogP contribution is 2.42. The zero-order valence-corrected chi connectivity index (χ0v) is 92.2. The number of ether oxygens (including phenoxy) is 5. The third-order valence-electron chi connectivity index (χ3n) is 24.9. The average Bonchev–Trinajstić information content (AvgIpc) is 0.811. The van der Waals surface area contributed by atoms with Crippen LogP contribution >= 0.6 is 0 Å². The molecular weight excluding hydrogens is 1910 g/mol. The lowest BCUT2D eigenvalue weighted by molar-refractivity contribution is 0.481. The molecule has 10 heteroatoms. The molecule has 744 valence electrons. The molecule has 0 aromatic heterocycles. The van der Waals surface area contributed by atoms with Crippen molar-refractivity contribution in [3.63, 3.8) is 0 Å². The Bertz CT molecular complexity index is 7400. The fourth-order valence-electron chi connectivity index (χ4n) is 16.4. The Balaban J connectivity index is 0.000000133. The van der Waals surface area contributed by atoms with Crippen molar-refractivity contribution >= 4 is 54.5 Å². The Morgan fingerprint density at radius 3 is 0.369 bits per heavy atom. The van der Waals surface area contributed by atoms with Gasteiger partial charge < -0.3 is 23.7 Å². The lowest BCUT2D eigenvalue weighted by Gasteiger charge is -2.19. The fraction of sp³-hybridized carbons (Fsp3) is 0.137. The van der Waals surface area contributed by atoms with Gasteiger partial charge in [0, 0.05) is 0 Å². The van der Waals surface area contributed by atoms with Crippen molar-refractivity contribution in [1.29, 1.82) is 0 Å². The first kappa shape index (κ1) is 107. The van der Waals surface area contributed by atoms with E-state index in [4.69, 9.17) is 23.7 Å². The maximum atomic E-state index is 6.11. The van der Waals surface area contributed by atoms with Gasteiger partial charge in [0.25, 0.3) is 0 Å². The van der Waals surface area contributed by atoms with Crippen LogP contribution < -0.4 is 23.7 Å². The van der Waals surface area contributed by atoms with Gasteiger partial charge in [-0.2, -0.15) is 0 Å². The second-order valence-electron chi connectivity index (χ2n) is 40.0. The molecule has 0 radical (unpaired) electrons. The van der Waals surface area contributed by atoms with Crippen LogP contribution in [0.3, 0.4) is 0 Å². The van der Waals surface area contributed by atoms with E-state index in [0.717, 1.165) is 57.5 Å². The molecule has 3 unspecified atom stereocenters. The van der Waals surface area contributed by atoms with Gasteiger partial charge in [0.1, 0.15) is 57.5 Å². The van der Waals surface area contributed by atoms with Gasteiger partial charge in [-0.25, -0.2) is 0 Å². The average molecular weight is 2040 g/mol. The summed E-state index contributed by atoms with van der Waals surface area (Å²) in [6.07, 6.45) is 0. The Morgan fingerprint density at radius 1 is 0.114 bits per heavy atom. The molecule has 0 saturated heterocycles. The van der Waals surface area contributed by atoms with E-state index in [9.17, 15) is 0 Å². The molecule has 0 N–H and O–H groups in total. The number of benzene rings is 20. The van der Waals surface area contributed by atoms with Crippen molar-refractivity contribution in [2.75, 3.05) is 0 Å². The molecule has 0 bridgehead atoms. The monoisotopic (exact) mass is 2040 g/mol. The molecular formula is C139H133O5S5+5. The summed E-state index contributed by atoms with van der Waals surface area (Å²) < 4.78 is 30.1. The molecule has 5 nitrogen and oxygen atoms in total. The zero-order valence-electron chi connectivity index (χ0n) is 88.2. The lowest BCUT2D eigenvalue weighted by Crippen LogP contribution is -2.11. The second kappa shape index (κ2) is 51.2. The van der Waals surface area contributed by atoms with Gasteiger partial charge in [0.2, 0.25) is 0 Å². The quantitative estimate of drug-likeness (QED) is 0.0534. The predicted molar refractivity (Wildman–Crippen MR) is 629 cm³/mol. The molecule has 0 aliphatic carbocycles. The second-order valence-corrected chi connectivity index (χ2v) is 50.1. The molecule has 0 fully saturated rings. The molecule has 0 spiro atoms. The third-order valence-corrected chi connectivity index (χ3v) is 36.0. The predicted octanol–water partition coefficient (Wildman–Crippen LogP) is 38.9. The van der Waals surface area contributed by atoms with E-state index in [0.29, 0.717) is 0 Å². The van der Waals surface area contributed by atoms with Crippen molar-refractivity contribution in [1.82, 2.24) is 0 Å². The van der Waals surface area contributed by atoms with E-state index in [1.54, 1.807) is 0 Å². The molecule has 20 rings (SSSR count). The van der Waals surface area contributed by atoms with Crippen LogP contribution in [0.1, 0.15) is 118 Å². The standard InChI is InChI=1S/2C29H29OS.C28H27OS.C27H25OS.C26H23OS/c1-22-10-18-27(19-11-22)31(26-8-6-5-7-9-26)28-20-16-25(17-21-28)30-24-14-12-23(13-15-24)29(2,3)4;1-22-10-14-24(15-11-22)30-25-16-20-28(21-17-25)31(26-8-6-5-7-9-26)27-18-12-23(13-19-27)29(2,3)4;1-28(2,3)22-14-18-26(19-15-22)30(25-12-8-5-9-13-25)27-20-16-24(17-21-27)29-23-10-6-4-7-11-23;1-20-4-10-23(11-5-20)28-24-12-18-27(19-13-24)29(25-14-6-21(2)7-15-25)26-16-8-22(3)9-17-26;1-20-8-14-24(15-9-20)28(25-16-10-21(2)11-17-25)26-18-12-23(13-19-26)27-22-6-4-3-5-7-22/h2*5-21H,1-4H3;4-21H,1-3H3;4-19H,1-3H3;3-19H,1-2H3/q5*+1. The topological polar surface area (TPSA) is 46.2 Å². The molecule has 149 heavy (non-hydrogen) atoms. The first-order valence-corrected chi connectivity index (χ1v) is 56.9. The van der Waals surface area contributed by atoms with Crippen molar-refractivity contribution in [2.24, 2.45) is 0 Å². The minimum absolute atomic E-state index is 0.141. The Morgan fingerprint density at radius 2 is 0.215 bits per heavy atom. The fourth-order valence-corrected chi connectivity index (χ4v) is 26.6. The van der Waals surface area contributed by atoms with Crippen LogP contribution in [0.15, 0.2) is 589 Å². The number of hydrogen-bond acceptors (Lipinski definition) is 5. The highest BCUT2D eigenvalue weighted by molar-refractivity contribution is 7.98. The van der Waals surface area contributed by atoms with Gasteiger partial charge in [0.15, 0.2) is 73.4 Å². The summed E-state index contributed by atoms with van der Waals surface area (Å²) in [6.45, 7) is 35.0. The minimum atomic E-state index is -0.163. The van der Waals surface area contributed by atoms with Crippen LogP contribution in [0.25, 0.3) is 0 Å². The first-order chi connectivity index (χ1) is 72.1. The van der Waals surface area contributed by atoms with E-state index in [2.05, 4.69) is 541 Å². The van der Waals surface area contributed by atoms with Gasteiger partial charge in [-0.15, -0.1) is 0 Å². The van der Waals surface area contributed by atoms with Crippen molar-refractivity contribution < 1.29 is 23.7 Å². The van der Waals surface area contributed by atoms with Crippen molar-refractivity contribution in [3.05, 3.63) is 571 Å². The molecule has 0 aliphatic rings. The van der Waals surface area contributed by atoms with Crippen LogP contribution in [0, 0.1) is 48.5 Å². The summed E-state index contributed by atoms with van der Waals surface area (Å²) in [6, 6.07) is 182. The van der Waals surface area contributed by atoms with Crippen molar-refractivity contribution in [2.45, 2.75) is 200 Å². The van der Waals surface area contributed by atoms with E-state index >= 15 is 0 Å². The van der Waals surface area contributed by atoms with E-state index < -0.39 is 0 Å². The minimum Gasteiger partial charge on any atom is -0.457 e. The van der Waals surface area contributed by atoms with Crippen LogP contribution in [0.4, 0.5) is 0 Å². The molecule has 20 aromatic rings. The van der Waals surface area contributed by atoms with E-state index in [-0.39, 0.29) is 70.7 Å². The Labute approximate surface area is 899 Å². The summed E-state index contributed by atoms with van der Waals surface area (Å²) in [4.78, 5) is 19.6. The molecule has 3 atom stereocenters. The smallest absolute Gasteiger partial charge is 0.166 e. The number of hydrogen-bond donors (Lipinski definition) is 0. The summed E-state index contributed by atoms with van der Waals surface area (Å²) in [5.41, 5.74) is 13.3. The van der Waals surface area contributed by atoms with Gasteiger partial charge >= 0.3 is 0 Å². The molecule has 0 heterocycles. The van der Waals surface area contributed by atoms with Gasteiger partial charge in [-0.1, -0.05) is 314 Å². The SMILES string of the molecule is CC(C)(C)c1ccc([S+](c2ccccc2)c2ccc(Oc3ccccc3)cc2)cc1.Cc1ccc(Oc2ccc([S+](c3ccc(C)cc3)c3ccc(C)cc3)cc2)cc1.Cc1ccc(Oc2ccc([S+](c3ccccc3)c3ccc(C(C)(C)C)cc3)cc2)cc1.Cc1ccc([S+](c2ccc(C)cc2)c2ccc(Oc3ccccc3)cc2)cc1.Cc1ccc([S+](c2ccccc2)c2ccc(Oc3ccc(C(C)(C)C)cc3)cc2)cc1. The number of para-hydroxylation sites is 2. The number of aryl methyl sites for hydroxylation is 7. The highest BCUT2D eigenvalue weighted by atomic mass is 32.2. The summed E-state index contributed by atoms with van der Waals surface area (Å²) in [7, 11) is -0.755. The maximum Gasteiger partial charge on any atom is 0.166 e. The van der Waals surface area contributed by atoms with Gasteiger partial charge in [-0.05, 0) is 385 Å². The van der Waals surface area contributed by atoms with E-state index in [1.807, 2.05) is 84.9 Å². The Hall–Kier alpha value is -14.9. The summed E-state index contributed by atoms with van der Waals surface area (Å²) >= 11 is 0. The maximum absolute atomic E-state index is 6.11. The van der Waals surface area contributed by atoms with Crippen LogP contribution in [0.5, 0.6) is 57.5 Å². The molecule has 20 aromatic carbocycles. The molecule has 0 saturated carbocycles. The van der Waals surface area contributed by atoms with Crippen LogP contribution in [0.2, 0.25) is 0 Å². The molecule has 0 amide bonds. The first-order valence-electron chi connectivity index (χ1n) is 50.7. The highest BCUT2D eigenvalue weighted by Gasteiger charge is 2.35. The number of rotatable bonds is 25.